The topological polar surface area (TPSA) is 32.7 Å². The number of amides is 1. The Labute approximate surface area is 78.8 Å². The Bertz CT molecular complexity index is 313. The molecule has 2 rings (SSSR count). The van der Waals surface area contributed by atoms with E-state index in [4.69, 9.17) is 0 Å². The zero-order chi connectivity index (χ0) is 10.0. The lowest BCUT2D eigenvalue weighted by Crippen LogP contribution is -2.76. The predicted octanol–water partition coefficient (Wildman–Crippen LogP) is 1.29. The molecule has 2 aliphatic rings. The van der Waals surface area contributed by atoms with Crippen molar-refractivity contribution in [1.82, 2.24) is 4.90 Å². The van der Waals surface area contributed by atoms with Gasteiger partial charge in [-0.05, 0) is 6.92 Å². The van der Waals surface area contributed by atoms with Gasteiger partial charge < -0.3 is 4.90 Å². The van der Waals surface area contributed by atoms with Crippen molar-refractivity contribution in [1.29, 1.82) is 0 Å². The molecule has 72 valence electrons. The highest BCUT2D eigenvalue weighted by Crippen LogP contribution is 2.50. The molecule has 0 aromatic carbocycles. The molecule has 2 atom stereocenters. The Morgan fingerprint density at radius 3 is 2.38 bits per heavy atom. The van der Waals surface area contributed by atoms with Crippen LogP contribution in [0.25, 0.3) is 0 Å². The maximum absolute atomic E-state index is 11.5. The number of hydrogen-bond acceptors (Lipinski definition) is 2. The number of rotatable bonds is 0. The van der Waals surface area contributed by atoms with Crippen molar-refractivity contribution in [2.24, 2.45) is 16.3 Å². The minimum atomic E-state index is -0.209. The lowest BCUT2D eigenvalue weighted by molar-refractivity contribution is -0.162. The SMILES string of the molecule is CN1C(=O)C2C(C(C)(C)C)=NC21C. The maximum Gasteiger partial charge on any atom is 0.237 e. The quantitative estimate of drug-likeness (QED) is 0.517. The molecule has 2 aliphatic heterocycles. The Morgan fingerprint density at radius 2 is 2.00 bits per heavy atom. The highest BCUT2D eigenvalue weighted by molar-refractivity contribution is 6.16. The van der Waals surface area contributed by atoms with E-state index in [2.05, 4.69) is 25.8 Å². The molecule has 2 unspecified atom stereocenters. The van der Waals surface area contributed by atoms with Gasteiger partial charge in [-0.15, -0.1) is 0 Å². The molecule has 0 aromatic rings. The van der Waals surface area contributed by atoms with Gasteiger partial charge in [-0.1, -0.05) is 20.8 Å². The van der Waals surface area contributed by atoms with Crippen LogP contribution in [-0.4, -0.2) is 29.2 Å². The fourth-order valence-corrected chi connectivity index (χ4v) is 2.14. The molecule has 0 radical (unpaired) electrons. The van der Waals surface area contributed by atoms with Crippen LogP contribution in [-0.2, 0) is 4.79 Å². The van der Waals surface area contributed by atoms with Crippen molar-refractivity contribution in [3.05, 3.63) is 0 Å². The van der Waals surface area contributed by atoms with Crippen LogP contribution in [0.3, 0.4) is 0 Å². The smallest absolute Gasteiger partial charge is 0.237 e. The molecule has 13 heavy (non-hydrogen) atoms. The summed E-state index contributed by atoms with van der Waals surface area (Å²) in [4.78, 5) is 17.8. The van der Waals surface area contributed by atoms with E-state index < -0.39 is 0 Å². The summed E-state index contributed by atoms with van der Waals surface area (Å²) in [6, 6.07) is 0. The number of carbonyl (C=O) groups is 1. The number of aliphatic imine (C=N–C) groups is 1. The van der Waals surface area contributed by atoms with Crippen LogP contribution in [0, 0.1) is 11.3 Å². The summed E-state index contributed by atoms with van der Waals surface area (Å²) in [6.45, 7) is 8.35. The first-order valence-electron chi connectivity index (χ1n) is 4.66. The van der Waals surface area contributed by atoms with Crippen LogP contribution in [0.1, 0.15) is 27.7 Å². The third kappa shape index (κ3) is 0.798. The van der Waals surface area contributed by atoms with Crippen LogP contribution in [0.15, 0.2) is 4.99 Å². The minimum Gasteiger partial charge on any atom is -0.319 e. The van der Waals surface area contributed by atoms with Crippen molar-refractivity contribution in [2.45, 2.75) is 33.4 Å². The molecule has 1 saturated heterocycles. The normalized spacial score (nSPS) is 37.6. The second kappa shape index (κ2) is 1.97. The number of hydrogen-bond donors (Lipinski definition) is 0. The van der Waals surface area contributed by atoms with Gasteiger partial charge in [0.15, 0.2) is 0 Å². The summed E-state index contributed by atoms with van der Waals surface area (Å²) in [5, 5.41) is 0. The van der Waals surface area contributed by atoms with Crippen molar-refractivity contribution >= 4 is 11.6 Å². The molecule has 0 aliphatic carbocycles. The fourth-order valence-electron chi connectivity index (χ4n) is 2.14. The Kier molecular flexibility index (Phi) is 1.32. The fraction of sp³-hybridized carbons (Fsp3) is 0.800. The van der Waals surface area contributed by atoms with Gasteiger partial charge in [-0.25, -0.2) is 0 Å². The van der Waals surface area contributed by atoms with Crippen LogP contribution in [0.4, 0.5) is 0 Å². The number of nitrogens with zero attached hydrogens (tertiary/aromatic N) is 2. The number of carbonyl (C=O) groups excluding carboxylic acids is 1. The predicted molar refractivity (Wildman–Crippen MR) is 51.6 cm³/mol. The summed E-state index contributed by atoms with van der Waals surface area (Å²) in [6.07, 6.45) is 0. The Balaban J connectivity index is 2.32. The average molecular weight is 180 g/mol. The molecule has 3 nitrogen and oxygen atoms in total. The molecule has 1 amide bonds. The van der Waals surface area contributed by atoms with Gasteiger partial charge in [0, 0.05) is 18.2 Å². The van der Waals surface area contributed by atoms with Gasteiger partial charge in [-0.3, -0.25) is 9.79 Å². The van der Waals surface area contributed by atoms with Crippen molar-refractivity contribution in [2.75, 3.05) is 7.05 Å². The highest BCUT2D eigenvalue weighted by atomic mass is 16.2. The molecule has 0 saturated carbocycles. The van der Waals surface area contributed by atoms with Crippen molar-refractivity contribution < 1.29 is 4.79 Å². The Hall–Kier alpha value is -0.860. The molecular formula is C10H16N2O. The first-order chi connectivity index (χ1) is 5.78. The zero-order valence-electron chi connectivity index (χ0n) is 8.88. The first kappa shape index (κ1) is 8.73. The van der Waals surface area contributed by atoms with Crippen LogP contribution < -0.4 is 0 Å². The minimum absolute atomic E-state index is 0.0428. The maximum atomic E-state index is 11.5. The third-order valence-electron chi connectivity index (χ3n) is 3.19. The average Bonchev–Trinajstić information content (AvgIpc) is 1.96. The van der Waals surface area contributed by atoms with Gasteiger partial charge in [0.25, 0.3) is 0 Å². The van der Waals surface area contributed by atoms with Crippen LogP contribution in [0.2, 0.25) is 0 Å². The van der Waals surface area contributed by atoms with E-state index in [1.165, 1.54) is 0 Å². The summed E-state index contributed by atoms with van der Waals surface area (Å²) in [5.74, 6) is 0.292. The van der Waals surface area contributed by atoms with E-state index in [0.29, 0.717) is 0 Å². The molecular weight excluding hydrogens is 164 g/mol. The van der Waals surface area contributed by atoms with Crippen LogP contribution >= 0.6 is 0 Å². The molecule has 2 heterocycles. The summed E-state index contributed by atoms with van der Waals surface area (Å²) in [7, 11) is 1.82. The van der Waals surface area contributed by atoms with Gasteiger partial charge >= 0.3 is 0 Å². The van der Waals surface area contributed by atoms with E-state index in [1.54, 1.807) is 4.90 Å². The second-order valence-electron chi connectivity index (χ2n) is 5.17. The summed E-state index contributed by atoms with van der Waals surface area (Å²) in [5.41, 5.74) is 0.902. The van der Waals surface area contributed by atoms with Gasteiger partial charge in [-0.2, -0.15) is 0 Å². The van der Waals surface area contributed by atoms with Gasteiger partial charge in [0.1, 0.15) is 11.6 Å². The standard InChI is InChI=1S/C10H16N2O/c1-9(2,3)7-6-8(13)12(5)10(6,4)11-7/h6H,1-5H3. The van der Waals surface area contributed by atoms with Gasteiger partial charge in [0.2, 0.25) is 5.91 Å². The molecule has 0 N–H and O–H groups in total. The van der Waals surface area contributed by atoms with E-state index in [1.807, 2.05) is 14.0 Å². The van der Waals surface area contributed by atoms with Gasteiger partial charge in [0.05, 0.1) is 0 Å². The lowest BCUT2D eigenvalue weighted by atomic mass is 9.65. The number of β-lactam (4-membered cyclic amide) rings is 1. The molecule has 0 spiro atoms. The Morgan fingerprint density at radius 1 is 1.46 bits per heavy atom. The largest absolute Gasteiger partial charge is 0.319 e. The zero-order valence-corrected chi connectivity index (χ0v) is 8.88. The summed E-state index contributed by atoms with van der Waals surface area (Å²) >= 11 is 0. The summed E-state index contributed by atoms with van der Waals surface area (Å²) < 4.78 is 0. The highest BCUT2D eigenvalue weighted by Gasteiger charge is 2.65. The van der Waals surface area contributed by atoms with E-state index in [0.717, 1.165) is 5.71 Å². The molecule has 0 aromatic heterocycles. The number of likely N-dealkylation sites (tertiary alicyclic amines) is 1. The second-order valence-corrected chi connectivity index (χ2v) is 5.17. The van der Waals surface area contributed by atoms with Crippen molar-refractivity contribution in [3.8, 4) is 0 Å². The number of fused-ring (bicyclic) bond motifs is 1. The van der Waals surface area contributed by atoms with E-state index >= 15 is 0 Å². The third-order valence-corrected chi connectivity index (χ3v) is 3.19. The molecule has 0 bridgehead atoms. The van der Waals surface area contributed by atoms with E-state index in [9.17, 15) is 4.79 Å². The van der Waals surface area contributed by atoms with Crippen molar-refractivity contribution in [3.63, 3.8) is 0 Å². The lowest BCUT2D eigenvalue weighted by Gasteiger charge is -2.60. The molecule has 3 heteroatoms. The monoisotopic (exact) mass is 180 g/mol. The van der Waals surface area contributed by atoms with E-state index in [-0.39, 0.29) is 22.9 Å². The van der Waals surface area contributed by atoms with Crippen LogP contribution in [0.5, 0.6) is 0 Å². The molecule has 1 fully saturated rings. The first-order valence-corrected chi connectivity index (χ1v) is 4.66.